The first-order valence-corrected chi connectivity index (χ1v) is 8.44. The van der Waals surface area contributed by atoms with E-state index in [0.717, 1.165) is 25.8 Å². The molecule has 0 bridgehead atoms. The summed E-state index contributed by atoms with van der Waals surface area (Å²) in [5.74, 6) is -0.0881. The molecule has 20 heavy (non-hydrogen) atoms. The number of hydrogen-bond donors (Lipinski definition) is 2. The van der Waals surface area contributed by atoms with Crippen LogP contribution in [-0.4, -0.2) is 27.5 Å². The Labute approximate surface area is 120 Å². The second-order valence-corrected chi connectivity index (χ2v) is 6.87. The molecule has 0 aromatic heterocycles. The highest BCUT2D eigenvalue weighted by molar-refractivity contribution is 7.88. The van der Waals surface area contributed by atoms with Crippen molar-refractivity contribution >= 4 is 10.0 Å². The van der Waals surface area contributed by atoms with Gasteiger partial charge in [0.1, 0.15) is 0 Å². The Morgan fingerprint density at radius 2 is 2.25 bits per heavy atom. The molecule has 2 N–H and O–H groups in total. The molecule has 1 heterocycles. The van der Waals surface area contributed by atoms with Crippen LogP contribution in [-0.2, 0) is 15.8 Å². The molecule has 1 unspecified atom stereocenters. The van der Waals surface area contributed by atoms with E-state index >= 15 is 0 Å². The number of hydrogen-bond acceptors (Lipinski definition) is 4. The highest BCUT2D eigenvalue weighted by Crippen LogP contribution is 2.09. The molecule has 1 aliphatic heterocycles. The number of nitrogens with zero attached hydrogens (tertiary/aromatic N) is 1. The molecule has 6 heteroatoms. The third-order valence-electron chi connectivity index (χ3n) is 3.37. The first-order chi connectivity index (χ1) is 9.59. The van der Waals surface area contributed by atoms with E-state index in [-0.39, 0.29) is 11.8 Å². The van der Waals surface area contributed by atoms with Crippen LogP contribution in [0.25, 0.3) is 0 Å². The van der Waals surface area contributed by atoms with Crippen LogP contribution in [0.3, 0.4) is 0 Å². The summed E-state index contributed by atoms with van der Waals surface area (Å²) in [6, 6.07) is 8.93. The van der Waals surface area contributed by atoms with Crippen LogP contribution in [0.4, 0.5) is 0 Å². The first kappa shape index (κ1) is 15.0. The summed E-state index contributed by atoms with van der Waals surface area (Å²) in [6.07, 6.45) is 3.31. The normalized spacial score (nSPS) is 19.4. The topological polar surface area (TPSA) is 82.0 Å². The van der Waals surface area contributed by atoms with Crippen molar-refractivity contribution in [3.05, 3.63) is 35.4 Å². The van der Waals surface area contributed by atoms with Gasteiger partial charge >= 0.3 is 0 Å². The van der Waals surface area contributed by atoms with Gasteiger partial charge in [-0.1, -0.05) is 18.6 Å². The molecule has 0 amide bonds. The second kappa shape index (κ2) is 6.84. The molecule has 2 rings (SSSR count). The molecule has 1 atom stereocenters. The molecular formula is C14H19N3O2S. The first-order valence-electron chi connectivity index (χ1n) is 6.79. The highest BCUT2D eigenvalue weighted by Gasteiger charge is 2.17. The summed E-state index contributed by atoms with van der Waals surface area (Å²) >= 11 is 0. The van der Waals surface area contributed by atoms with Crippen LogP contribution < -0.4 is 10.0 Å². The molecule has 0 radical (unpaired) electrons. The Balaban J connectivity index is 1.91. The lowest BCUT2D eigenvalue weighted by Crippen LogP contribution is -2.43. The van der Waals surface area contributed by atoms with E-state index in [1.54, 1.807) is 24.3 Å². The average Bonchev–Trinajstić information content (AvgIpc) is 2.46. The zero-order valence-corrected chi connectivity index (χ0v) is 12.1. The molecule has 1 saturated heterocycles. The molecule has 1 aromatic carbocycles. The molecule has 0 aliphatic carbocycles. The molecule has 1 aliphatic rings. The fourth-order valence-electron chi connectivity index (χ4n) is 2.33. The maximum atomic E-state index is 12.0. The number of sulfonamides is 1. The zero-order chi connectivity index (χ0) is 14.4. The van der Waals surface area contributed by atoms with Crippen molar-refractivity contribution in [1.82, 2.24) is 10.0 Å². The van der Waals surface area contributed by atoms with Crippen LogP contribution in [0.5, 0.6) is 0 Å². The summed E-state index contributed by atoms with van der Waals surface area (Å²) in [5, 5.41) is 12.1. The minimum Gasteiger partial charge on any atom is -0.313 e. The van der Waals surface area contributed by atoms with E-state index in [9.17, 15) is 8.42 Å². The van der Waals surface area contributed by atoms with E-state index in [1.807, 2.05) is 6.07 Å². The van der Waals surface area contributed by atoms with Crippen LogP contribution in [0, 0.1) is 11.3 Å². The Morgan fingerprint density at radius 1 is 1.40 bits per heavy atom. The number of nitrogens with one attached hydrogen (secondary N) is 2. The summed E-state index contributed by atoms with van der Waals surface area (Å²) in [6.45, 7) is 1.39. The lowest BCUT2D eigenvalue weighted by Gasteiger charge is -2.23. The Bertz CT molecular complexity index is 587. The molecule has 108 valence electrons. The van der Waals surface area contributed by atoms with Gasteiger partial charge in [0.2, 0.25) is 10.0 Å². The monoisotopic (exact) mass is 293 g/mol. The fourth-order valence-corrected chi connectivity index (χ4v) is 3.50. The summed E-state index contributed by atoms with van der Waals surface area (Å²) < 4.78 is 26.7. The SMILES string of the molecule is N#Cc1cccc(CS(=O)(=O)NCC2CCCCN2)c1. The maximum Gasteiger partial charge on any atom is 0.215 e. The van der Waals surface area contributed by atoms with Crippen molar-refractivity contribution in [3.63, 3.8) is 0 Å². The summed E-state index contributed by atoms with van der Waals surface area (Å²) in [7, 11) is -3.36. The van der Waals surface area contributed by atoms with Crippen molar-refractivity contribution in [3.8, 4) is 6.07 Å². The van der Waals surface area contributed by atoms with E-state index in [4.69, 9.17) is 5.26 Å². The van der Waals surface area contributed by atoms with Crippen molar-refractivity contribution in [2.24, 2.45) is 0 Å². The van der Waals surface area contributed by atoms with Gasteiger partial charge in [-0.15, -0.1) is 0 Å². The van der Waals surface area contributed by atoms with Crippen LogP contribution in [0.2, 0.25) is 0 Å². The molecule has 0 saturated carbocycles. The minimum atomic E-state index is -3.36. The Kier molecular flexibility index (Phi) is 5.12. The van der Waals surface area contributed by atoms with Gasteiger partial charge in [-0.2, -0.15) is 5.26 Å². The predicted molar refractivity (Wildman–Crippen MR) is 77.4 cm³/mol. The number of piperidine rings is 1. The third-order valence-corrected chi connectivity index (χ3v) is 4.69. The van der Waals surface area contributed by atoms with Gasteiger partial charge in [0, 0.05) is 12.6 Å². The summed E-state index contributed by atoms with van der Waals surface area (Å²) in [4.78, 5) is 0. The van der Waals surface area contributed by atoms with Crippen molar-refractivity contribution in [2.45, 2.75) is 31.1 Å². The largest absolute Gasteiger partial charge is 0.313 e. The average molecular weight is 293 g/mol. The van der Waals surface area contributed by atoms with Gasteiger partial charge in [-0.05, 0) is 37.1 Å². The van der Waals surface area contributed by atoms with Gasteiger partial charge in [0.05, 0.1) is 17.4 Å². The van der Waals surface area contributed by atoms with Gasteiger partial charge in [0.15, 0.2) is 0 Å². The Hall–Kier alpha value is -1.42. The molecule has 5 nitrogen and oxygen atoms in total. The quantitative estimate of drug-likeness (QED) is 0.852. The van der Waals surface area contributed by atoms with E-state index in [1.165, 1.54) is 0 Å². The van der Waals surface area contributed by atoms with E-state index in [2.05, 4.69) is 10.0 Å². The smallest absolute Gasteiger partial charge is 0.215 e. The predicted octanol–water partition coefficient (Wildman–Crippen LogP) is 1.12. The van der Waals surface area contributed by atoms with Crippen molar-refractivity contribution < 1.29 is 8.42 Å². The van der Waals surface area contributed by atoms with Gasteiger partial charge in [-0.25, -0.2) is 13.1 Å². The van der Waals surface area contributed by atoms with Crippen molar-refractivity contribution in [2.75, 3.05) is 13.1 Å². The lowest BCUT2D eigenvalue weighted by atomic mass is 10.1. The molecule has 1 fully saturated rings. The van der Waals surface area contributed by atoms with Crippen LogP contribution in [0.15, 0.2) is 24.3 Å². The fraction of sp³-hybridized carbons (Fsp3) is 0.500. The van der Waals surface area contributed by atoms with Gasteiger partial charge < -0.3 is 5.32 Å². The zero-order valence-electron chi connectivity index (χ0n) is 11.3. The van der Waals surface area contributed by atoms with Crippen LogP contribution >= 0.6 is 0 Å². The third kappa shape index (κ3) is 4.60. The summed E-state index contributed by atoms with van der Waals surface area (Å²) in [5.41, 5.74) is 1.11. The highest BCUT2D eigenvalue weighted by atomic mass is 32.2. The Morgan fingerprint density at radius 3 is 2.95 bits per heavy atom. The van der Waals surface area contributed by atoms with Gasteiger partial charge in [-0.3, -0.25) is 0 Å². The molecular weight excluding hydrogens is 274 g/mol. The molecule has 0 spiro atoms. The second-order valence-electron chi connectivity index (χ2n) is 5.07. The maximum absolute atomic E-state index is 12.0. The number of benzene rings is 1. The number of nitriles is 1. The van der Waals surface area contributed by atoms with E-state index < -0.39 is 10.0 Å². The van der Waals surface area contributed by atoms with Gasteiger partial charge in [0.25, 0.3) is 0 Å². The molecule has 1 aromatic rings. The minimum absolute atomic E-state index is 0.0881. The number of rotatable bonds is 5. The van der Waals surface area contributed by atoms with E-state index in [0.29, 0.717) is 17.7 Å². The lowest BCUT2D eigenvalue weighted by molar-refractivity contribution is 0.398. The standard InChI is InChI=1S/C14H19N3O2S/c15-9-12-4-3-5-13(8-12)11-20(18,19)17-10-14-6-1-2-7-16-14/h3-5,8,14,16-17H,1-2,6-7,10-11H2. The van der Waals surface area contributed by atoms with Crippen molar-refractivity contribution in [1.29, 1.82) is 5.26 Å². The van der Waals surface area contributed by atoms with Crippen LogP contribution in [0.1, 0.15) is 30.4 Å².